The van der Waals surface area contributed by atoms with Crippen molar-refractivity contribution >= 4 is 23.3 Å². The molecule has 2 amide bonds. The summed E-state index contributed by atoms with van der Waals surface area (Å²) in [6.45, 7) is 2.35. The van der Waals surface area contributed by atoms with E-state index >= 15 is 0 Å². The van der Waals surface area contributed by atoms with E-state index in [0.29, 0.717) is 29.4 Å². The van der Waals surface area contributed by atoms with Crippen molar-refractivity contribution in [3.63, 3.8) is 0 Å². The van der Waals surface area contributed by atoms with E-state index in [1.54, 1.807) is 24.4 Å². The lowest BCUT2D eigenvalue weighted by atomic mass is 9.85. The molecule has 0 bridgehead atoms. The first kappa shape index (κ1) is 16.9. The molecule has 0 radical (unpaired) electrons. The van der Waals surface area contributed by atoms with Crippen LogP contribution in [0.25, 0.3) is 0 Å². The Labute approximate surface area is 145 Å². The normalized spacial score (nSPS) is 13.6. The van der Waals surface area contributed by atoms with Crippen molar-refractivity contribution in [2.45, 2.75) is 26.2 Å². The molecule has 0 spiro atoms. The van der Waals surface area contributed by atoms with Crippen LogP contribution in [0.4, 0.5) is 11.5 Å². The van der Waals surface area contributed by atoms with Crippen molar-refractivity contribution in [2.24, 2.45) is 5.92 Å². The number of hydrogen-bond donors (Lipinski definition) is 2. The van der Waals surface area contributed by atoms with Crippen LogP contribution in [0.2, 0.25) is 0 Å². The first-order valence-electron chi connectivity index (χ1n) is 8.32. The molecule has 3 rings (SSSR count). The van der Waals surface area contributed by atoms with Gasteiger partial charge in [-0.15, -0.1) is 0 Å². The average molecular weight is 340 g/mol. The predicted octanol–water partition coefficient (Wildman–Crippen LogP) is 2.87. The molecular weight excluding hydrogens is 320 g/mol. The smallest absolute Gasteiger partial charge is 0.255 e. The number of aromatic nitrogens is 2. The van der Waals surface area contributed by atoms with Gasteiger partial charge in [-0.3, -0.25) is 14.6 Å². The molecular formula is C18H20N4O3. The second-order valence-electron chi connectivity index (χ2n) is 5.81. The SMILES string of the molecule is CCOc1ccncc1NC(=O)c1ccnc(NC(=O)C2CCC2)c1. The third-order valence-electron chi connectivity index (χ3n) is 4.08. The Morgan fingerprint density at radius 2 is 2.08 bits per heavy atom. The number of anilines is 2. The van der Waals surface area contributed by atoms with Gasteiger partial charge >= 0.3 is 0 Å². The maximum Gasteiger partial charge on any atom is 0.255 e. The highest BCUT2D eigenvalue weighted by atomic mass is 16.5. The first-order chi connectivity index (χ1) is 12.2. The number of amides is 2. The number of nitrogens with zero attached hydrogens (tertiary/aromatic N) is 2. The van der Waals surface area contributed by atoms with Gasteiger partial charge in [0.2, 0.25) is 5.91 Å². The Morgan fingerprint density at radius 3 is 2.80 bits per heavy atom. The zero-order valence-corrected chi connectivity index (χ0v) is 14.0. The molecule has 2 N–H and O–H groups in total. The number of ether oxygens (including phenoxy) is 1. The van der Waals surface area contributed by atoms with Crippen molar-refractivity contribution in [1.29, 1.82) is 0 Å². The van der Waals surface area contributed by atoms with Crippen LogP contribution in [0.5, 0.6) is 5.75 Å². The van der Waals surface area contributed by atoms with Gasteiger partial charge in [0.25, 0.3) is 5.91 Å². The van der Waals surface area contributed by atoms with Crippen LogP contribution in [0, 0.1) is 5.92 Å². The molecule has 1 aliphatic carbocycles. The molecule has 1 aliphatic rings. The second-order valence-corrected chi connectivity index (χ2v) is 5.81. The van der Waals surface area contributed by atoms with E-state index < -0.39 is 0 Å². The maximum atomic E-state index is 12.5. The Morgan fingerprint density at radius 1 is 1.24 bits per heavy atom. The lowest BCUT2D eigenvalue weighted by molar-refractivity contribution is -0.122. The van der Waals surface area contributed by atoms with Crippen molar-refractivity contribution in [2.75, 3.05) is 17.2 Å². The van der Waals surface area contributed by atoms with E-state index in [0.717, 1.165) is 19.3 Å². The van der Waals surface area contributed by atoms with Crippen LogP contribution in [-0.4, -0.2) is 28.4 Å². The minimum absolute atomic E-state index is 0.0396. The summed E-state index contributed by atoms with van der Waals surface area (Å²) in [5.41, 5.74) is 0.886. The molecule has 0 saturated heterocycles. The fourth-order valence-electron chi connectivity index (χ4n) is 2.49. The Balaban J connectivity index is 1.70. The third-order valence-corrected chi connectivity index (χ3v) is 4.08. The Bertz CT molecular complexity index is 774. The molecule has 0 aliphatic heterocycles. The number of carbonyl (C=O) groups is 2. The predicted molar refractivity (Wildman–Crippen MR) is 93.6 cm³/mol. The number of carbonyl (C=O) groups excluding carboxylic acids is 2. The van der Waals surface area contributed by atoms with Crippen LogP contribution in [-0.2, 0) is 4.79 Å². The molecule has 0 aromatic carbocycles. The highest BCUT2D eigenvalue weighted by Crippen LogP contribution is 2.27. The number of nitrogens with one attached hydrogen (secondary N) is 2. The maximum absolute atomic E-state index is 12.5. The van der Waals surface area contributed by atoms with Crippen LogP contribution < -0.4 is 15.4 Å². The monoisotopic (exact) mass is 340 g/mol. The van der Waals surface area contributed by atoms with Crippen molar-refractivity contribution in [3.8, 4) is 5.75 Å². The Kier molecular flexibility index (Phi) is 5.23. The third kappa shape index (κ3) is 4.12. The average Bonchev–Trinajstić information content (AvgIpc) is 2.55. The molecule has 7 heteroatoms. The topological polar surface area (TPSA) is 93.2 Å². The number of rotatable bonds is 6. The molecule has 25 heavy (non-hydrogen) atoms. The summed E-state index contributed by atoms with van der Waals surface area (Å²) >= 11 is 0. The quantitative estimate of drug-likeness (QED) is 0.843. The van der Waals surface area contributed by atoms with E-state index in [1.165, 1.54) is 12.4 Å². The largest absolute Gasteiger partial charge is 0.492 e. The minimum atomic E-state index is -0.324. The van der Waals surface area contributed by atoms with Crippen LogP contribution >= 0.6 is 0 Å². The number of pyridine rings is 2. The van der Waals surface area contributed by atoms with E-state index in [1.807, 2.05) is 6.92 Å². The molecule has 2 aromatic rings. The fraction of sp³-hybridized carbons (Fsp3) is 0.333. The zero-order valence-electron chi connectivity index (χ0n) is 14.0. The summed E-state index contributed by atoms with van der Waals surface area (Å²) in [7, 11) is 0. The summed E-state index contributed by atoms with van der Waals surface area (Å²) in [6.07, 6.45) is 7.53. The molecule has 1 fully saturated rings. The lowest BCUT2D eigenvalue weighted by Gasteiger charge is -2.23. The number of hydrogen-bond acceptors (Lipinski definition) is 5. The van der Waals surface area contributed by atoms with Crippen LogP contribution in [0.3, 0.4) is 0 Å². The molecule has 0 unspecified atom stereocenters. The highest BCUT2D eigenvalue weighted by molar-refractivity contribution is 6.05. The van der Waals surface area contributed by atoms with Gasteiger partial charge in [-0.2, -0.15) is 0 Å². The zero-order chi connectivity index (χ0) is 17.6. The van der Waals surface area contributed by atoms with Gasteiger partial charge in [0.15, 0.2) is 0 Å². The van der Waals surface area contributed by atoms with Crippen molar-refractivity contribution in [3.05, 3.63) is 42.4 Å². The lowest BCUT2D eigenvalue weighted by Crippen LogP contribution is -2.28. The molecule has 7 nitrogen and oxygen atoms in total. The second kappa shape index (κ2) is 7.74. The van der Waals surface area contributed by atoms with Crippen LogP contribution in [0.1, 0.15) is 36.5 Å². The molecule has 130 valence electrons. The van der Waals surface area contributed by atoms with Gasteiger partial charge in [0.1, 0.15) is 17.3 Å². The van der Waals surface area contributed by atoms with E-state index in [-0.39, 0.29) is 17.7 Å². The summed E-state index contributed by atoms with van der Waals surface area (Å²) in [5.74, 6) is 0.625. The summed E-state index contributed by atoms with van der Waals surface area (Å²) in [6, 6.07) is 4.84. The van der Waals surface area contributed by atoms with Crippen molar-refractivity contribution < 1.29 is 14.3 Å². The minimum Gasteiger partial charge on any atom is -0.492 e. The Hall–Kier alpha value is -2.96. The molecule has 2 aromatic heterocycles. The molecule has 1 saturated carbocycles. The van der Waals surface area contributed by atoms with E-state index in [2.05, 4.69) is 20.6 Å². The van der Waals surface area contributed by atoms with Gasteiger partial charge in [0.05, 0.1) is 12.8 Å². The van der Waals surface area contributed by atoms with Gasteiger partial charge in [-0.25, -0.2) is 4.98 Å². The fourth-order valence-corrected chi connectivity index (χ4v) is 2.49. The standard InChI is InChI=1S/C18H20N4O3/c1-2-25-15-7-8-19-11-14(15)21-18(24)13-6-9-20-16(10-13)22-17(23)12-4-3-5-12/h6-12H,2-5H2,1H3,(H,21,24)(H,20,22,23). The summed E-state index contributed by atoms with van der Waals surface area (Å²) < 4.78 is 5.47. The first-order valence-corrected chi connectivity index (χ1v) is 8.32. The van der Waals surface area contributed by atoms with Gasteiger partial charge in [-0.1, -0.05) is 6.42 Å². The molecule has 0 atom stereocenters. The van der Waals surface area contributed by atoms with E-state index in [4.69, 9.17) is 4.74 Å². The summed E-state index contributed by atoms with van der Waals surface area (Å²) in [4.78, 5) is 32.6. The van der Waals surface area contributed by atoms with Gasteiger partial charge in [-0.05, 0) is 31.9 Å². The van der Waals surface area contributed by atoms with Crippen molar-refractivity contribution in [1.82, 2.24) is 9.97 Å². The van der Waals surface area contributed by atoms with Gasteiger partial charge < -0.3 is 15.4 Å². The van der Waals surface area contributed by atoms with Gasteiger partial charge in [0, 0.05) is 29.9 Å². The molecule has 2 heterocycles. The highest BCUT2D eigenvalue weighted by Gasteiger charge is 2.25. The summed E-state index contributed by atoms with van der Waals surface area (Å²) in [5, 5.41) is 5.54. The van der Waals surface area contributed by atoms with Crippen LogP contribution in [0.15, 0.2) is 36.8 Å². The van der Waals surface area contributed by atoms with E-state index in [9.17, 15) is 9.59 Å².